The van der Waals surface area contributed by atoms with Gasteiger partial charge in [0.1, 0.15) is 0 Å². The standard InChI is InChI=1S/C14H27N3O/c1-11(2)9-17(10-12-5-4-7-15-12)13-6-8-16(3)14(13)18/h11-13,15H,4-10H2,1-3H3. The molecule has 0 radical (unpaired) electrons. The van der Waals surface area contributed by atoms with E-state index in [0.29, 0.717) is 17.9 Å². The quantitative estimate of drug-likeness (QED) is 0.791. The van der Waals surface area contributed by atoms with Gasteiger partial charge in [0.05, 0.1) is 6.04 Å². The van der Waals surface area contributed by atoms with E-state index in [1.54, 1.807) is 0 Å². The molecule has 104 valence electrons. The first-order chi connectivity index (χ1) is 8.58. The van der Waals surface area contributed by atoms with Gasteiger partial charge in [0, 0.05) is 32.7 Å². The van der Waals surface area contributed by atoms with Crippen LogP contribution in [0.4, 0.5) is 0 Å². The Balaban J connectivity index is 1.97. The largest absolute Gasteiger partial charge is 0.344 e. The van der Waals surface area contributed by atoms with E-state index in [4.69, 9.17) is 0 Å². The molecular weight excluding hydrogens is 226 g/mol. The van der Waals surface area contributed by atoms with E-state index in [1.807, 2.05) is 11.9 Å². The number of carbonyl (C=O) groups excluding carboxylic acids is 1. The number of hydrogen-bond acceptors (Lipinski definition) is 3. The van der Waals surface area contributed by atoms with Gasteiger partial charge in [0.25, 0.3) is 0 Å². The molecule has 1 N–H and O–H groups in total. The molecule has 2 heterocycles. The molecule has 2 rings (SSSR count). The monoisotopic (exact) mass is 253 g/mol. The van der Waals surface area contributed by atoms with Crippen molar-refractivity contribution in [1.29, 1.82) is 0 Å². The molecule has 4 heteroatoms. The van der Waals surface area contributed by atoms with Crippen LogP contribution in [-0.4, -0.2) is 61.0 Å². The summed E-state index contributed by atoms with van der Waals surface area (Å²) in [6, 6.07) is 0.710. The third kappa shape index (κ3) is 3.23. The van der Waals surface area contributed by atoms with Crippen molar-refractivity contribution in [3.63, 3.8) is 0 Å². The van der Waals surface area contributed by atoms with Gasteiger partial charge in [-0.1, -0.05) is 13.8 Å². The summed E-state index contributed by atoms with van der Waals surface area (Å²) in [5.74, 6) is 0.929. The fourth-order valence-electron chi connectivity index (χ4n) is 3.14. The molecule has 2 saturated heterocycles. The molecule has 0 spiro atoms. The Kier molecular flexibility index (Phi) is 4.62. The van der Waals surface area contributed by atoms with E-state index >= 15 is 0 Å². The summed E-state index contributed by atoms with van der Waals surface area (Å²) in [5.41, 5.74) is 0. The molecule has 2 atom stereocenters. The lowest BCUT2D eigenvalue weighted by Gasteiger charge is -2.31. The molecule has 0 saturated carbocycles. The van der Waals surface area contributed by atoms with Crippen LogP contribution in [0, 0.1) is 5.92 Å². The van der Waals surface area contributed by atoms with Crippen LogP contribution >= 0.6 is 0 Å². The van der Waals surface area contributed by atoms with Gasteiger partial charge < -0.3 is 10.2 Å². The summed E-state index contributed by atoms with van der Waals surface area (Å²) < 4.78 is 0. The lowest BCUT2D eigenvalue weighted by molar-refractivity contribution is -0.131. The van der Waals surface area contributed by atoms with Crippen LogP contribution in [0.2, 0.25) is 0 Å². The maximum atomic E-state index is 12.2. The first-order valence-electron chi connectivity index (χ1n) is 7.30. The number of nitrogens with one attached hydrogen (secondary N) is 1. The lowest BCUT2D eigenvalue weighted by atomic mass is 10.1. The van der Waals surface area contributed by atoms with E-state index in [-0.39, 0.29) is 6.04 Å². The number of likely N-dealkylation sites (tertiary alicyclic amines) is 1. The minimum Gasteiger partial charge on any atom is -0.344 e. The van der Waals surface area contributed by atoms with Gasteiger partial charge in [-0.3, -0.25) is 9.69 Å². The zero-order valence-electron chi connectivity index (χ0n) is 12.0. The molecule has 2 fully saturated rings. The summed E-state index contributed by atoms with van der Waals surface area (Å²) >= 11 is 0. The highest BCUT2D eigenvalue weighted by atomic mass is 16.2. The highest BCUT2D eigenvalue weighted by Crippen LogP contribution is 2.19. The number of likely N-dealkylation sites (N-methyl/N-ethyl adjacent to an activating group) is 1. The van der Waals surface area contributed by atoms with Crippen molar-refractivity contribution in [2.75, 3.05) is 33.2 Å². The highest BCUT2D eigenvalue weighted by molar-refractivity contribution is 5.83. The molecule has 0 bridgehead atoms. The van der Waals surface area contributed by atoms with Gasteiger partial charge in [-0.15, -0.1) is 0 Å². The Labute approximate surface area is 111 Å². The second-order valence-electron chi connectivity index (χ2n) is 6.21. The van der Waals surface area contributed by atoms with Gasteiger partial charge in [-0.05, 0) is 31.7 Å². The second-order valence-corrected chi connectivity index (χ2v) is 6.21. The molecule has 0 aliphatic carbocycles. The topological polar surface area (TPSA) is 35.6 Å². The Morgan fingerprint density at radius 2 is 2.22 bits per heavy atom. The van der Waals surface area contributed by atoms with E-state index in [0.717, 1.165) is 32.6 Å². The Morgan fingerprint density at radius 3 is 2.72 bits per heavy atom. The SMILES string of the molecule is CC(C)CN(CC1CCCN1)C1CCN(C)C1=O. The fourth-order valence-corrected chi connectivity index (χ4v) is 3.14. The second kappa shape index (κ2) is 6.02. The van der Waals surface area contributed by atoms with Crippen molar-refractivity contribution >= 4 is 5.91 Å². The molecular formula is C14H27N3O. The molecule has 2 unspecified atom stereocenters. The summed E-state index contributed by atoms with van der Waals surface area (Å²) in [5, 5.41) is 3.54. The summed E-state index contributed by atoms with van der Waals surface area (Å²) in [7, 11) is 1.92. The zero-order valence-corrected chi connectivity index (χ0v) is 12.0. The molecule has 2 aliphatic heterocycles. The predicted molar refractivity (Wildman–Crippen MR) is 73.5 cm³/mol. The first-order valence-corrected chi connectivity index (χ1v) is 7.30. The van der Waals surface area contributed by atoms with E-state index in [9.17, 15) is 4.79 Å². The molecule has 0 aromatic rings. The van der Waals surface area contributed by atoms with Gasteiger partial charge in [0.15, 0.2) is 0 Å². The van der Waals surface area contributed by atoms with E-state index in [1.165, 1.54) is 12.8 Å². The van der Waals surface area contributed by atoms with Crippen LogP contribution < -0.4 is 5.32 Å². The van der Waals surface area contributed by atoms with Crippen molar-refractivity contribution in [3.05, 3.63) is 0 Å². The maximum absolute atomic E-state index is 12.2. The Hall–Kier alpha value is -0.610. The molecule has 1 amide bonds. The van der Waals surface area contributed by atoms with Crippen LogP contribution in [0.3, 0.4) is 0 Å². The van der Waals surface area contributed by atoms with Gasteiger partial charge >= 0.3 is 0 Å². The summed E-state index contributed by atoms with van der Waals surface area (Å²) in [6.45, 7) is 8.58. The lowest BCUT2D eigenvalue weighted by Crippen LogP contribution is -2.48. The van der Waals surface area contributed by atoms with Crippen LogP contribution in [0.1, 0.15) is 33.1 Å². The van der Waals surface area contributed by atoms with Crippen molar-refractivity contribution in [2.45, 2.75) is 45.2 Å². The molecule has 0 aromatic carbocycles. The molecule has 4 nitrogen and oxygen atoms in total. The zero-order chi connectivity index (χ0) is 13.1. The predicted octanol–water partition coefficient (Wildman–Crippen LogP) is 0.927. The molecule has 18 heavy (non-hydrogen) atoms. The highest BCUT2D eigenvalue weighted by Gasteiger charge is 2.35. The third-order valence-corrected chi connectivity index (χ3v) is 4.06. The number of carbonyl (C=O) groups is 1. The van der Waals surface area contributed by atoms with Crippen molar-refractivity contribution in [2.24, 2.45) is 5.92 Å². The number of hydrogen-bond donors (Lipinski definition) is 1. The van der Waals surface area contributed by atoms with Crippen LogP contribution in [-0.2, 0) is 4.79 Å². The minimum atomic E-state index is 0.125. The summed E-state index contributed by atoms with van der Waals surface area (Å²) in [4.78, 5) is 16.5. The van der Waals surface area contributed by atoms with Crippen molar-refractivity contribution in [1.82, 2.24) is 15.1 Å². The van der Waals surface area contributed by atoms with Gasteiger partial charge in [-0.25, -0.2) is 0 Å². The van der Waals surface area contributed by atoms with Crippen molar-refractivity contribution < 1.29 is 4.79 Å². The van der Waals surface area contributed by atoms with Gasteiger partial charge in [-0.2, -0.15) is 0 Å². The molecule has 0 aromatic heterocycles. The van der Waals surface area contributed by atoms with E-state index in [2.05, 4.69) is 24.1 Å². The van der Waals surface area contributed by atoms with Gasteiger partial charge in [0.2, 0.25) is 5.91 Å². The van der Waals surface area contributed by atoms with E-state index < -0.39 is 0 Å². The van der Waals surface area contributed by atoms with Crippen LogP contribution in [0.15, 0.2) is 0 Å². The normalized spacial score (nSPS) is 28.9. The summed E-state index contributed by atoms with van der Waals surface area (Å²) in [6.07, 6.45) is 3.53. The van der Waals surface area contributed by atoms with Crippen molar-refractivity contribution in [3.8, 4) is 0 Å². The number of amides is 1. The Morgan fingerprint density at radius 1 is 1.44 bits per heavy atom. The minimum absolute atomic E-state index is 0.125. The maximum Gasteiger partial charge on any atom is 0.239 e. The average molecular weight is 253 g/mol. The average Bonchev–Trinajstić information content (AvgIpc) is 2.90. The molecule has 2 aliphatic rings. The first kappa shape index (κ1) is 13.8. The Bertz CT molecular complexity index is 287. The van der Waals surface area contributed by atoms with Crippen LogP contribution in [0.25, 0.3) is 0 Å². The number of rotatable bonds is 5. The van der Waals surface area contributed by atoms with Crippen LogP contribution in [0.5, 0.6) is 0 Å². The smallest absolute Gasteiger partial charge is 0.239 e. The fraction of sp³-hybridized carbons (Fsp3) is 0.929. The number of nitrogens with zero attached hydrogens (tertiary/aromatic N) is 2. The third-order valence-electron chi connectivity index (χ3n) is 4.06.